The van der Waals surface area contributed by atoms with Gasteiger partial charge >= 0.3 is 0 Å². The summed E-state index contributed by atoms with van der Waals surface area (Å²) >= 11 is 3.60. The number of hydrogen-bond acceptors (Lipinski definition) is 2. The second kappa shape index (κ2) is 3.65. The topological polar surface area (TPSA) is 41.6 Å². The zero-order chi connectivity index (χ0) is 12.1. The smallest absolute Gasteiger partial charge is 0.116 e. The van der Waals surface area contributed by atoms with Gasteiger partial charge in [0.2, 0.25) is 0 Å². The summed E-state index contributed by atoms with van der Waals surface area (Å²) in [6, 6.07) is 6.31. The zero-order valence-corrected chi connectivity index (χ0v) is 11.2. The monoisotopic (exact) mass is 299 g/mol. The number of nitrogens with one attached hydrogen (secondary N) is 1. The number of nitrogens with zero attached hydrogens (tertiary/aromatic N) is 2. The standard InChI is InChI=1S/C14H10BrN3/c15-11-3-1-2-9-10-5-4-8-6-16-7-17-12(8)14(10)18-13(9)11/h1-3,6-7,18H,4-5H2. The first-order valence-corrected chi connectivity index (χ1v) is 6.72. The Balaban J connectivity index is 2.11. The largest absolute Gasteiger partial charge is 0.352 e. The molecule has 1 aliphatic carbocycles. The van der Waals surface area contributed by atoms with Crippen LogP contribution in [0.4, 0.5) is 0 Å². The van der Waals surface area contributed by atoms with Crippen LogP contribution in [-0.2, 0) is 12.8 Å². The molecule has 1 aliphatic rings. The van der Waals surface area contributed by atoms with E-state index in [9.17, 15) is 0 Å². The van der Waals surface area contributed by atoms with Gasteiger partial charge in [-0.1, -0.05) is 12.1 Å². The number of hydrogen-bond donors (Lipinski definition) is 1. The minimum absolute atomic E-state index is 1.02. The summed E-state index contributed by atoms with van der Waals surface area (Å²) in [5.41, 5.74) is 5.97. The third-order valence-corrected chi connectivity index (χ3v) is 4.22. The second-order valence-corrected chi connectivity index (χ2v) is 5.39. The number of fused-ring (bicyclic) bond motifs is 5. The number of halogens is 1. The zero-order valence-electron chi connectivity index (χ0n) is 9.57. The number of aromatic amines is 1. The van der Waals surface area contributed by atoms with Gasteiger partial charge in [0.15, 0.2) is 0 Å². The van der Waals surface area contributed by atoms with Gasteiger partial charge in [-0.3, -0.25) is 0 Å². The van der Waals surface area contributed by atoms with Crippen LogP contribution >= 0.6 is 15.9 Å². The highest BCUT2D eigenvalue weighted by atomic mass is 79.9. The van der Waals surface area contributed by atoms with Crippen LogP contribution in [0.1, 0.15) is 11.1 Å². The quantitative estimate of drug-likeness (QED) is 0.690. The summed E-state index contributed by atoms with van der Waals surface area (Å²) in [6.07, 6.45) is 5.61. The van der Waals surface area contributed by atoms with E-state index in [1.807, 2.05) is 6.20 Å². The van der Waals surface area contributed by atoms with E-state index in [1.54, 1.807) is 6.33 Å². The molecule has 0 radical (unpaired) electrons. The highest BCUT2D eigenvalue weighted by Gasteiger charge is 2.22. The maximum Gasteiger partial charge on any atom is 0.116 e. The first kappa shape index (κ1) is 10.3. The molecule has 1 aromatic carbocycles. The van der Waals surface area contributed by atoms with Crippen molar-refractivity contribution in [2.45, 2.75) is 12.8 Å². The maximum absolute atomic E-state index is 4.43. The summed E-state index contributed by atoms with van der Waals surface area (Å²) in [5.74, 6) is 0. The van der Waals surface area contributed by atoms with E-state index in [4.69, 9.17) is 0 Å². The number of H-pyrrole nitrogens is 1. The van der Waals surface area contributed by atoms with Gasteiger partial charge < -0.3 is 4.98 Å². The van der Waals surface area contributed by atoms with Crippen LogP contribution in [0.25, 0.3) is 22.3 Å². The van der Waals surface area contributed by atoms with E-state index in [-0.39, 0.29) is 0 Å². The van der Waals surface area contributed by atoms with E-state index in [2.05, 4.69) is 49.1 Å². The van der Waals surface area contributed by atoms with Crippen LogP contribution in [0.5, 0.6) is 0 Å². The molecule has 0 amide bonds. The summed E-state index contributed by atoms with van der Waals surface area (Å²) in [4.78, 5) is 12.0. The Hall–Kier alpha value is -1.68. The van der Waals surface area contributed by atoms with Crippen LogP contribution in [0.2, 0.25) is 0 Å². The van der Waals surface area contributed by atoms with Crippen molar-refractivity contribution in [2.24, 2.45) is 0 Å². The predicted molar refractivity (Wildman–Crippen MR) is 74.4 cm³/mol. The van der Waals surface area contributed by atoms with Gasteiger partial charge in [0.1, 0.15) is 6.33 Å². The molecule has 0 saturated heterocycles. The second-order valence-electron chi connectivity index (χ2n) is 4.54. The van der Waals surface area contributed by atoms with Crippen molar-refractivity contribution < 1.29 is 0 Å². The lowest BCUT2D eigenvalue weighted by molar-refractivity contribution is 0.913. The Morgan fingerprint density at radius 3 is 3.11 bits per heavy atom. The molecule has 2 aromatic heterocycles. The maximum atomic E-state index is 4.43. The highest BCUT2D eigenvalue weighted by molar-refractivity contribution is 9.10. The van der Waals surface area contributed by atoms with Crippen molar-refractivity contribution in [1.82, 2.24) is 15.0 Å². The van der Waals surface area contributed by atoms with E-state index < -0.39 is 0 Å². The molecule has 4 heteroatoms. The molecule has 0 saturated carbocycles. The van der Waals surface area contributed by atoms with Crippen LogP contribution < -0.4 is 0 Å². The predicted octanol–water partition coefficient (Wildman–Crippen LogP) is 3.49. The molecule has 4 rings (SSSR count). The fourth-order valence-electron chi connectivity index (χ4n) is 2.73. The minimum Gasteiger partial charge on any atom is -0.352 e. The lowest BCUT2D eigenvalue weighted by Crippen LogP contribution is -2.05. The van der Waals surface area contributed by atoms with Crippen molar-refractivity contribution in [3.8, 4) is 11.4 Å². The molecule has 0 aliphatic heterocycles. The van der Waals surface area contributed by atoms with E-state index in [0.29, 0.717) is 0 Å². The molecule has 3 nitrogen and oxygen atoms in total. The van der Waals surface area contributed by atoms with Gasteiger partial charge in [-0.25, -0.2) is 9.97 Å². The van der Waals surface area contributed by atoms with E-state index in [0.717, 1.165) is 34.2 Å². The molecule has 0 unspecified atom stereocenters. The summed E-state index contributed by atoms with van der Waals surface area (Å²) in [6.45, 7) is 0. The molecular formula is C14H10BrN3. The molecule has 0 spiro atoms. The summed E-state index contributed by atoms with van der Waals surface area (Å²) in [5, 5.41) is 1.30. The van der Waals surface area contributed by atoms with E-state index >= 15 is 0 Å². The van der Waals surface area contributed by atoms with Gasteiger partial charge in [0.05, 0.1) is 16.9 Å². The number of aromatic nitrogens is 3. The number of benzene rings is 1. The highest BCUT2D eigenvalue weighted by Crippen LogP contribution is 2.37. The van der Waals surface area contributed by atoms with Gasteiger partial charge in [0.25, 0.3) is 0 Å². The SMILES string of the molecule is Brc1cccc2c3c([nH]c12)-c1ncncc1CC3. The average molecular weight is 300 g/mol. The molecule has 0 bridgehead atoms. The first-order chi connectivity index (χ1) is 8.84. The Kier molecular flexibility index (Phi) is 2.08. The number of para-hydroxylation sites is 1. The van der Waals surface area contributed by atoms with Crippen LogP contribution in [0, 0.1) is 0 Å². The van der Waals surface area contributed by atoms with Gasteiger partial charge in [-0.15, -0.1) is 0 Å². The van der Waals surface area contributed by atoms with Crippen LogP contribution in [-0.4, -0.2) is 15.0 Å². The van der Waals surface area contributed by atoms with Crippen molar-refractivity contribution in [2.75, 3.05) is 0 Å². The summed E-state index contributed by atoms with van der Waals surface area (Å²) < 4.78 is 1.10. The Morgan fingerprint density at radius 1 is 1.22 bits per heavy atom. The average Bonchev–Trinajstić information content (AvgIpc) is 2.79. The summed E-state index contributed by atoms with van der Waals surface area (Å²) in [7, 11) is 0. The lowest BCUT2D eigenvalue weighted by atomic mass is 9.93. The van der Waals surface area contributed by atoms with E-state index in [1.165, 1.54) is 16.5 Å². The van der Waals surface area contributed by atoms with Crippen LogP contribution in [0.15, 0.2) is 35.2 Å². The molecule has 0 fully saturated rings. The number of rotatable bonds is 0. The Bertz CT molecular complexity index is 761. The molecule has 18 heavy (non-hydrogen) atoms. The third kappa shape index (κ3) is 1.29. The third-order valence-electron chi connectivity index (χ3n) is 3.56. The van der Waals surface area contributed by atoms with Crippen molar-refractivity contribution in [3.05, 3.63) is 46.3 Å². The van der Waals surface area contributed by atoms with Crippen molar-refractivity contribution in [3.63, 3.8) is 0 Å². The fourth-order valence-corrected chi connectivity index (χ4v) is 3.19. The Morgan fingerprint density at radius 2 is 2.17 bits per heavy atom. The molecule has 3 aromatic rings. The van der Waals surface area contributed by atoms with Crippen molar-refractivity contribution >= 4 is 26.8 Å². The van der Waals surface area contributed by atoms with Gasteiger partial charge in [-0.05, 0) is 46.0 Å². The minimum atomic E-state index is 1.02. The lowest BCUT2D eigenvalue weighted by Gasteiger charge is -2.14. The first-order valence-electron chi connectivity index (χ1n) is 5.93. The van der Waals surface area contributed by atoms with Crippen molar-refractivity contribution in [1.29, 1.82) is 0 Å². The van der Waals surface area contributed by atoms with Crippen LogP contribution in [0.3, 0.4) is 0 Å². The van der Waals surface area contributed by atoms with Gasteiger partial charge in [0, 0.05) is 16.1 Å². The molecule has 0 atom stereocenters. The van der Waals surface area contributed by atoms with Gasteiger partial charge in [-0.2, -0.15) is 0 Å². The molecule has 1 N–H and O–H groups in total. The number of aryl methyl sites for hydroxylation is 2. The molecular weight excluding hydrogens is 290 g/mol. The fraction of sp³-hybridized carbons (Fsp3) is 0.143. The Labute approximate surface area is 112 Å². The normalized spacial score (nSPS) is 13.4. The molecule has 88 valence electrons. The molecule has 2 heterocycles.